The first kappa shape index (κ1) is 73.0. The SMILES string of the molecule is CCCCCCCCCCCCCCCCCCCCCCCCCCCCCCCCCCCCCCCCCCCCCCCCCCCCCCCCCCCCCCCCCCCCCC1CCCCC1. The summed E-state index contributed by atoms with van der Waals surface area (Å²) in [7, 11) is 0. The average Bonchev–Trinajstić information content (AvgIpc) is 3.43. The van der Waals surface area contributed by atoms with Crippen LogP contribution >= 0.6 is 0 Å². The Morgan fingerprint density at radius 1 is 0.147 bits per heavy atom. The van der Waals surface area contributed by atoms with Gasteiger partial charge in [0, 0.05) is 0 Å². The molecule has 1 fully saturated rings. The van der Waals surface area contributed by atoms with E-state index < -0.39 is 0 Å². The van der Waals surface area contributed by atoms with Crippen molar-refractivity contribution < 1.29 is 0 Å². The van der Waals surface area contributed by atoms with Gasteiger partial charge in [-0.3, -0.25) is 0 Å². The zero-order valence-corrected chi connectivity index (χ0v) is 53.2. The fraction of sp³-hybridized carbons (Fsp3) is 1.00. The predicted octanol–water partition coefficient (Wildman–Crippen LogP) is 29.1. The summed E-state index contributed by atoms with van der Waals surface area (Å²) >= 11 is 0. The van der Waals surface area contributed by atoms with Gasteiger partial charge in [0.05, 0.1) is 0 Å². The Labute approximate surface area is 479 Å². The summed E-state index contributed by atoms with van der Waals surface area (Å²) in [5, 5.41) is 0. The van der Waals surface area contributed by atoms with E-state index in [0.29, 0.717) is 0 Å². The van der Waals surface area contributed by atoms with E-state index in [4.69, 9.17) is 0 Å². The van der Waals surface area contributed by atoms with Gasteiger partial charge in [-0.2, -0.15) is 0 Å². The van der Waals surface area contributed by atoms with Crippen LogP contribution in [0.4, 0.5) is 0 Å². The molecule has 1 saturated carbocycles. The Morgan fingerprint density at radius 3 is 0.400 bits per heavy atom. The minimum atomic E-state index is 1.10. The van der Waals surface area contributed by atoms with Crippen molar-refractivity contribution in [3.63, 3.8) is 0 Å². The van der Waals surface area contributed by atoms with Crippen LogP contribution in [0.5, 0.6) is 0 Å². The maximum atomic E-state index is 2.32. The van der Waals surface area contributed by atoms with Gasteiger partial charge in [0.1, 0.15) is 0 Å². The Morgan fingerprint density at radius 2 is 0.267 bits per heavy atom. The lowest BCUT2D eigenvalue weighted by Crippen LogP contribution is -2.05. The summed E-state index contributed by atoms with van der Waals surface area (Å²) in [6, 6.07) is 0. The monoisotopic (exact) mass is 1050 g/mol. The molecular formula is C75H150. The van der Waals surface area contributed by atoms with Gasteiger partial charge in [0.15, 0.2) is 0 Å². The van der Waals surface area contributed by atoms with Gasteiger partial charge in [-0.25, -0.2) is 0 Å². The minimum Gasteiger partial charge on any atom is -0.0654 e. The second-order valence-corrected chi connectivity index (χ2v) is 26.6. The van der Waals surface area contributed by atoms with E-state index >= 15 is 0 Å². The third-order valence-corrected chi connectivity index (χ3v) is 18.9. The van der Waals surface area contributed by atoms with Crippen LogP contribution in [0.1, 0.15) is 476 Å². The number of hydrogen-bond acceptors (Lipinski definition) is 0. The first-order valence-corrected chi connectivity index (χ1v) is 37.4. The minimum absolute atomic E-state index is 1.10. The normalized spacial score (nSPS) is 13.2. The fourth-order valence-electron chi connectivity index (χ4n) is 13.5. The highest BCUT2D eigenvalue weighted by molar-refractivity contribution is 4.66. The largest absolute Gasteiger partial charge is 0.0654 e. The molecule has 0 nitrogen and oxygen atoms in total. The standard InChI is InChI=1S/C75H150/c1-2-3-4-5-6-7-8-9-10-11-12-13-14-15-16-17-18-19-20-21-22-23-24-25-26-27-28-29-30-31-32-33-34-35-36-37-38-39-40-41-42-43-44-45-46-47-48-49-50-51-52-53-54-55-56-57-58-59-60-61-62-63-64-65-66-67-69-72-75-73-70-68-71-74-75/h75H,2-74H2,1H3. The summed E-state index contributed by atoms with van der Waals surface area (Å²) in [4.78, 5) is 0. The zero-order chi connectivity index (χ0) is 53.2. The quantitative estimate of drug-likeness (QED) is 0.0533. The molecule has 0 N–H and O–H groups in total. The van der Waals surface area contributed by atoms with Crippen LogP contribution < -0.4 is 0 Å². The van der Waals surface area contributed by atoms with E-state index in [1.165, 1.54) is 449 Å². The van der Waals surface area contributed by atoms with Gasteiger partial charge in [0.2, 0.25) is 0 Å². The zero-order valence-electron chi connectivity index (χ0n) is 53.2. The highest BCUT2D eigenvalue weighted by Crippen LogP contribution is 2.28. The molecule has 75 heavy (non-hydrogen) atoms. The third-order valence-electron chi connectivity index (χ3n) is 18.9. The summed E-state index contributed by atoms with van der Waals surface area (Å²) in [5.74, 6) is 1.10. The van der Waals surface area contributed by atoms with E-state index in [1.54, 1.807) is 19.3 Å². The predicted molar refractivity (Wildman–Crippen MR) is 346 cm³/mol. The van der Waals surface area contributed by atoms with Gasteiger partial charge < -0.3 is 0 Å². The molecule has 450 valence electrons. The van der Waals surface area contributed by atoms with Crippen LogP contribution in [0, 0.1) is 5.92 Å². The first-order chi connectivity index (χ1) is 37.4. The molecule has 0 spiro atoms. The highest BCUT2D eigenvalue weighted by Gasteiger charge is 2.12. The lowest BCUT2D eigenvalue weighted by Gasteiger charge is -2.21. The molecule has 0 radical (unpaired) electrons. The molecule has 0 atom stereocenters. The summed E-state index contributed by atoms with van der Waals surface area (Å²) in [6.45, 7) is 2.32. The van der Waals surface area contributed by atoms with E-state index in [-0.39, 0.29) is 0 Å². The van der Waals surface area contributed by atoms with Gasteiger partial charge in [0.25, 0.3) is 0 Å². The molecular weight excluding hydrogens is 901 g/mol. The molecule has 0 aromatic rings. The van der Waals surface area contributed by atoms with Crippen molar-refractivity contribution in [2.45, 2.75) is 476 Å². The van der Waals surface area contributed by atoms with E-state index in [0.717, 1.165) is 5.92 Å². The van der Waals surface area contributed by atoms with Crippen LogP contribution in [0.2, 0.25) is 0 Å². The smallest absolute Gasteiger partial charge is 0.0414 e. The second-order valence-electron chi connectivity index (χ2n) is 26.6. The van der Waals surface area contributed by atoms with Crippen molar-refractivity contribution in [1.82, 2.24) is 0 Å². The fourth-order valence-corrected chi connectivity index (χ4v) is 13.5. The number of hydrogen-bond donors (Lipinski definition) is 0. The van der Waals surface area contributed by atoms with Crippen molar-refractivity contribution in [3.8, 4) is 0 Å². The van der Waals surface area contributed by atoms with Crippen LogP contribution in [-0.2, 0) is 0 Å². The third kappa shape index (κ3) is 64.7. The first-order valence-electron chi connectivity index (χ1n) is 37.4. The summed E-state index contributed by atoms with van der Waals surface area (Å²) < 4.78 is 0. The molecule has 0 bridgehead atoms. The number of rotatable bonds is 68. The van der Waals surface area contributed by atoms with Crippen LogP contribution in [0.3, 0.4) is 0 Å². The van der Waals surface area contributed by atoms with Crippen molar-refractivity contribution in [3.05, 3.63) is 0 Å². The van der Waals surface area contributed by atoms with Crippen LogP contribution in [-0.4, -0.2) is 0 Å². The lowest BCUT2D eigenvalue weighted by atomic mass is 9.85. The number of unbranched alkanes of at least 4 members (excludes halogenated alkanes) is 66. The van der Waals surface area contributed by atoms with Gasteiger partial charge in [-0.15, -0.1) is 0 Å². The van der Waals surface area contributed by atoms with E-state index in [9.17, 15) is 0 Å². The van der Waals surface area contributed by atoms with Gasteiger partial charge in [-0.1, -0.05) is 476 Å². The molecule has 0 amide bonds. The molecule has 0 unspecified atom stereocenters. The van der Waals surface area contributed by atoms with Crippen molar-refractivity contribution >= 4 is 0 Å². The van der Waals surface area contributed by atoms with Crippen molar-refractivity contribution in [1.29, 1.82) is 0 Å². The Balaban J connectivity index is 1.58. The van der Waals surface area contributed by atoms with Crippen LogP contribution in [0.15, 0.2) is 0 Å². The molecule has 0 aliphatic heterocycles. The molecule has 0 saturated heterocycles. The Bertz CT molecular complexity index is 944. The van der Waals surface area contributed by atoms with Crippen molar-refractivity contribution in [2.24, 2.45) is 5.92 Å². The van der Waals surface area contributed by atoms with Crippen LogP contribution in [0.25, 0.3) is 0 Å². The topological polar surface area (TPSA) is 0 Å². The van der Waals surface area contributed by atoms with Gasteiger partial charge >= 0.3 is 0 Å². The summed E-state index contributed by atoms with van der Waals surface area (Å²) in [5.41, 5.74) is 0. The Kier molecular flexibility index (Phi) is 66.5. The lowest BCUT2D eigenvalue weighted by molar-refractivity contribution is 0.328. The molecule has 0 aromatic carbocycles. The highest BCUT2D eigenvalue weighted by atomic mass is 14.2. The molecule has 0 heteroatoms. The Hall–Kier alpha value is 0. The van der Waals surface area contributed by atoms with E-state index in [2.05, 4.69) is 6.92 Å². The maximum absolute atomic E-state index is 2.32. The summed E-state index contributed by atoms with van der Waals surface area (Å²) in [6.07, 6.45) is 109. The average molecular weight is 1050 g/mol. The molecule has 0 aromatic heterocycles. The maximum Gasteiger partial charge on any atom is -0.0414 e. The molecule has 1 aliphatic carbocycles. The molecule has 0 heterocycles. The molecule has 1 rings (SSSR count). The van der Waals surface area contributed by atoms with Crippen molar-refractivity contribution in [2.75, 3.05) is 0 Å². The van der Waals surface area contributed by atoms with E-state index in [1.807, 2.05) is 0 Å². The molecule has 1 aliphatic rings. The van der Waals surface area contributed by atoms with Gasteiger partial charge in [-0.05, 0) is 5.92 Å². The second kappa shape index (κ2) is 68.3.